The lowest BCUT2D eigenvalue weighted by Crippen LogP contribution is -2.26. The lowest BCUT2D eigenvalue weighted by atomic mass is 9.81. The van der Waals surface area contributed by atoms with Crippen molar-refractivity contribution >= 4 is 17.4 Å². The molecule has 1 fully saturated rings. The lowest BCUT2D eigenvalue weighted by molar-refractivity contribution is -0.126. The molecule has 0 unspecified atom stereocenters. The molecule has 0 amide bonds. The fourth-order valence-corrected chi connectivity index (χ4v) is 2.66. The summed E-state index contributed by atoms with van der Waals surface area (Å²) in [6.45, 7) is 2.10. The van der Waals surface area contributed by atoms with E-state index in [-0.39, 0.29) is 5.41 Å². The van der Waals surface area contributed by atoms with E-state index in [2.05, 4.69) is 6.92 Å². The van der Waals surface area contributed by atoms with Crippen LogP contribution in [0.15, 0.2) is 24.3 Å². The van der Waals surface area contributed by atoms with Gasteiger partial charge in [-0.15, -0.1) is 0 Å². The molecule has 0 radical (unpaired) electrons. The van der Waals surface area contributed by atoms with Gasteiger partial charge in [0.1, 0.15) is 5.78 Å². The Balaban J connectivity index is 2.10. The Bertz CT molecular complexity index is 391. The van der Waals surface area contributed by atoms with Crippen LogP contribution < -0.4 is 0 Å². The topological polar surface area (TPSA) is 17.1 Å². The second kappa shape index (κ2) is 4.58. The lowest BCUT2D eigenvalue weighted by Gasteiger charge is -2.21. The molecule has 1 aromatic carbocycles. The summed E-state index contributed by atoms with van der Waals surface area (Å²) in [5, 5.41) is 0.706. The molecule has 1 nitrogen and oxygen atoms in total. The van der Waals surface area contributed by atoms with E-state index in [9.17, 15) is 4.79 Å². The summed E-state index contributed by atoms with van der Waals surface area (Å²) in [4.78, 5) is 12.2. The quantitative estimate of drug-likeness (QED) is 0.775. The summed E-state index contributed by atoms with van der Waals surface area (Å²) in [6.07, 6.45) is 4.93. The van der Waals surface area contributed by atoms with Gasteiger partial charge in [0.15, 0.2) is 0 Å². The number of hydrogen-bond acceptors (Lipinski definition) is 1. The minimum absolute atomic E-state index is 0.0980. The number of rotatable bonds is 3. The fraction of sp³-hybridized carbons (Fsp3) is 0.500. The molecule has 0 atom stereocenters. The molecule has 86 valence electrons. The summed E-state index contributed by atoms with van der Waals surface area (Å²) in [5.74, 6) is 0.345. The molecule has 0 N–H and O–H groups in total. The number of Topliss-reactive ketones (excluding diaryl/α,β-unsaturated/α-hetero) is 1. The van der Waals surface area contributed by atoms with Gasteiger partial charge in [-0.3, -0.25) is 4.79 Å². The van der Waals surface area contributed by atoms with E-state index in [0.29, 0.717) is 17.2 Å². The molecule has 0 aromatic heterocycles. The van der Waals surface area contributed by atoms with E-state index in [1.165, 1.54) is 12.8 Å². The standard InChI is InChI=1S/C14H17ClO/c1-14(8-4-5-9-14)13(16)10-11-6-2-3-7-12(11)15/h2-3,6-7H,4-5,8-10H2,1H3. The molecule has 1 saturated carbocycles. The average molecular weight is 237 g/mol. The molecular weight excluding hydrogens is 220 g/mol. The molecule has 1 aromatic rings. The number of carbonyl (C=O) groups excluding carboxylic acids is 1. The van der Waals surface area contributed by atoms with Crippen LogP contribution in [0, 0.1) is 5.41 Å². The number of hydrogen-bond donors (Lipinski definition) is 0. The first kappa shape index (κ1) is 11.7. The van der Waals surface area contributed by atoms with Gasteiger partial charge in [0.25, 0.3) is 0 Å². The van der Waals surface area contributed by atoms with Crippen molar-refractivity contribution in [2.75, 3.05) is 0 Å². The fourth-order valence-electron chi connectivity index (χ4n) is 2.46. The highest BCUT2D eigenvalue weighted by atomic mass is 35.5. The molecule has 2 heteroatoms. The first-order valence-corrected chi connectivity index (χ1v) is 6.26. The van der Waals surface area contributed by atoms with Gasteiger partial charge in [0.2, 0.25) is 0 Å². The van der Waals surface area contributed by atoms with Crippen LogP contribution in [-0.4, -0.2) is 5.78 Å². The zero-order valence-electron chi connectivity index (χ0n) is 9.63. The van der Waals surface area contributed by atoms with E-state index >= 15 is 0 Å². The van der Waals surface area contributed by atoms with Crippen LogP contribution in [-0.2, 0) is 11.2 Å². The van der Waals surface area contributed by atoms with Gasteiger partial charge in [-0.1, -0.05) is 49.6 Å². The molecule has 0 bridgehead atoms. The van der Waals surface area contributed by atoms with Crippen molar-refractivity contribution < 1.29 is 4.79 Å². The predicted octanol–water partition coefficient (Wildman–Crippen LogP) is 4.03. The van der Waals surface area contributed by atoms with Crippen molar-refractivity contribution in [1.82, 2.24) is 0 Å². The maximum atomic E-state index is 12.2. The van der Waals surface area contributed by atoms with Crippen molar-refractivity contribution in [2.45, 2.75) is 39.0 Å². The molecular formula is C14H17ClO. The smallest absolute Gasteiger partial charge is 0.143 e. The van der Waals surface area contributed by atoms with Crippen molar-refractivity contribution in [3.8, 4) is 0 Å². The summed E-state index contributed by atoms with van der Waals surface area (Å²) in [7, 11) is 0. The van der Waals surface area contributed by atoms with Gasteiger partial charge < -0.3 is 0 Å². The Hall–Kier alpha value is -0.820. The molecule has 16 heavy (non-hydrogen) atoms. The van der Waals surface area contributed by atoms with Gasteiger partial charge in [0.05, 0.1) is 0 Å². The van der Waals surface area contributed by atoms with Crippen LogP contribution in [0.4, 0.5) is 0 Å². The van der Waals surface area contributed by atoms with Crippen molar-refractivity contribution in [2.24, 2.45) is 5.41 Å². The Labute approximate surface area is 102 Å². The van der Waals surface area contributed by atoms with Gasteiger partial charge in [-0.25, -0.2) is 0 Å². The highest BCUT2D eigenvalue weighted by molar-refractivity contribution is 6.31. The van der Waals surface area contributed by atoms with Crippen molar-refractivity contribution in [3.63, 3.8) is 0 Å². The van der Waals surface area contributed by atoms with Crippen LogP contribution >= 0.6 is 11.6 Å². The Morgan fingerprint density at radius 2 is 1.94 bits per heavy atom. The van der Waals surface area contributed by atoms with Crippen LogP contribution in [0.2, 0.25) is 5.02 Å². The van der Waals surface area contributed by atoms with Crippen molar-refractivity contribution in [3.05, 3.63) is 34.9 Å². The number of carbonyl (C=O) groups is 1. The number of ketones is 1. The summed E-state index contributed by atoms with van der Waals surface area (Å²) < 4.78 is 0. The predicted molar refractivity (Wildman–Crippen MR) is 66.7 cm³/mol. The third kappa shape index (κ3) is 2.30. The van der Waals surface area contributed by atoms with E-state index in [1.807, 2.05) is 24.3 Å². The minimum atomic E-state index is -0.0980. The molecule has 0 spiro atoms. The van der Waals surface area contributed by atoms with Gasteiger partial charge >= 0.3 is 0 Å². The summed E-state index contributed by atoms with van der Waals surface area (Å²) >= 11 is 6.07. The Morgan fingerprint density at radius 1 is 1.31 bits per heavy atom. The van der Waals surface area contributed by atoms with Crippen molar-refractivity contribution in [1.29, 1.82) is 0 Å². The molecule has 1 aliphatic carbocycles. The summed E-state index contributed by atoms with van der Waals surface area (Å²) in [6, 6.07) is 7.62. The average Bonchev–Trinajstić information content (AvgIpc) is 2.70. The first-order chi connectivity index (χ1) is 7.62. The molecule has 0 heterocycles. The highest BCUT2D eigenvalue weighted by Crippen LogP contribution is 2.39. The third-order valence-corrected chi connectivity index (χ3v) is 4.06. The maximum Gasteiger partial charge on any atom is 0.143 e. The largest absolute Gasteiger partial charge is 0.299 e. The molecule has 0 saturated heterocycles. The van der Waals surface area contributed by atoms with E-state index < -0.39 is 0 Å². The Kier molecular flexibility index (Phi) is 3.34. The van der Waals surface area contributed by atoms with Gasteiger partial charge in [0, 0.05) is 16.9 Å². The van der Waals surface area contributed by atoms with Crippen LogP contribution in [0.3, 0.4) is 0 Å². The highest BCUT2D eigenvalue weighted by Gasteiger charge is 2.35. The second-order valence-electron chi connectivity index (χ2n) is 4.96. The minimum Gasteiger partial charge on any atom is -0.299 e. The summed E-state index contributed by atoms with van der Waals surface area (Å²) in [5.41, 5.74) is 0.862. The second-order valence-corrected chi connectivity index (χ2v) is 5.37. The molecule has 1 aliphatic rings. The SMILES string of the molecule is CC1(C(=O)Cc2ccccc2Cl)CCCC1. The zero-order valence-corrected chi connectivity index (χ0v) is 10.4. The van der Waals surface area contributed by atoms with Gasteiger partial charge in [-0.2, -0.15) is 0 Å². The number of halogens is 1. The first-order valence-electron chi connectivity index (χ1n) is 5.88. The van der Waals surface area contributed by atoms with Crippen LogP contribution in [0.25, 0.3) is 0 Å². The van der Waals surface area contributed by atoms with E-state index in [0.717, 1.165) is 18.4 Å². The monoisotopic (exact) mass is 236 g/mol. The van der Waals surface area contributed by atoms with E-state index in [4.69, 9.17) is 11.6 Å². The van der Waals surface area contributed by atoms with E-state index in [1.54, 1.807) is 0 Å². The van der Waals surface area contributed by atoms with Gasteiger partial charge in [-0.05, 0) is 24.5 Å². The maximum absolute atomic E-state index is 12.2. The third-order valence-electron chi connectivity index (χ3n) is 3.69. The molecule has 0 aliphatic heterocycles. The normalized spacial score (nSPS) is 18.6. The Morgan fingerprint density at radius 3 is 2.56 bits per heavy atom. The van der Waals surface area contributed by atoms with Crippen LogP contribution in [0.1, 0.15) is 38.2 Å². The zero-order chi connectivity index (χ0) is 11.6. The molecule has 2 rings (SSSR count). The number of benzene rings is 1. The van der Waals surface area contributed by atoms with Crippen LogP contribution in [0.5, 0.6) is 0 Å².